The lowest BCUT2D eigenvalue weighted by Crippen LogP contribution is -2.29. The lowest BCUT2D eigenvalue weighted by molar-refractivity contribution is -0.132. The molecule has 0 spiro atoms. The maximum atomic E-state index is 13.6. The minimum atomic E-state index is -0.855. The maximum absolute atomic E-state index is 13.6. The van der Waals surface area contributed by atoms with Crippen molar-refractivity contribution in [3.05, 3.63) is 100 Å². The van der Waals surface area contributed by atoms with Crippen molar-refractivity contribution < 1.29 is 19.4 Å². The lowest BCUT2D eigenvalue weighted by atomic mass is 9.84. The standard InChI is InChI=1S/C34H36N2O4/c1-8-40-27-18-13-23(19-26(27)34(5,6)7)30(37)28-29(22-11-14-24(15-12-22)33(2,3)4)36(32(39)31(28)38)25-16-9-21(20-35)10-17-25/h9-19,29,37H,8H2,1-7H3/b30-28-. The highest BCUT2D eigenvalue weighted by Crippen LogP contribution is 2.43. The molecule has 4 rings (SSSR count). The summed E-state index contributed by atoms with van der Waals surface area (Å²) in [7, 11) is 0. The number of Topliss-reactive ketones (excluding diaryl/α,β-unsaturated/α-hetero) is 1. The summed E-state index contributed by atoms with van der Waals surface area (Å²) in [4.78, 5) is 28.5. The van der Waals surface area contributed by atoms with E-state index in [4.69, 9.17) is 4.74 Å². The number of aliphatic hydroxyl groups excluding tert-OH is 1. The first-order valence-electron chi connectivity index (χ1n) is 13.5. The third-order valence-electron chi connectivity index (χ3n) is 7.17. The molecule has 1 N–H and O–H groups in total. The molecular formula is C34H36N2O4. The van der Waals surface area contributed by atoms with E-state index >= 15 is 0 Å². The van der Waals surface area contributed by atoms with Crippen LogP contribution in [0.5, 0.6) is 5.75 Å². The number of carbonyl (C=O) groups excluding carboxylic acids is 2. The fraction of sp³-hybridized carbons (Fsp3) is 0.324. The molecule has 0 saturated carbocycles. The van der Waals surface area contributed by atoms with Crippen LogP contribution in [0, 0.1) is 11.3 Å². The van der Waals surface area contributed by atoms with Gasteiger partial charge in [-0.2, -0.15) is 5.26 Å². The Morgan fingerprint density at radius 3 is 2.08 bits per heavy atom. The van der Waals surface area contributed by atoms with Crippen LogP contribution in [0.1, 0.15) is 82.3 Å². The van der Waals surface area contributed by atoms with Crippen molar-refractivity contribution >= 4 is 23.1 Å². The molecule has 1 saturated heterocycles. The highest BCUT2D eigenvalue weighted by molar-refractivity contribution is 6.51. The van der Waals surface area contributed by atoms with Crippen molar-refractivity contribution in [2.45, 2.75) is 65.3 Å². The number of hydrogen-bond donors (Lipinski definition) is 1. The normalized spacial score (nSPS) is 17.1. The predicted molar refractivity (Wildman–Crippen MR) is 157 cm³/mol. The zero-order valence-corrected chi connectivity index (χ0v) is 24.2. The average molecular weight is 537 g/mol. The van der Waals surface area contributed by atoms with E-state index in [1.165, 1.54) is 4.90 Å². The number of ketones is 1. The van der Waals surface area contributed by atoms with Crippen LogP contribution < -0.4 is 9.64 Å². The molecule has 0 radical (unpaired) electrons. The van der Waals surface area contributed by atoms with Crippen LogP contribution in [0.15, 0.2) is 72.3 Å². The predicted octanol–water partition coefficient (Wildman–Crippen LogP) is 7.18. The summed E-state index contributed by atoms with van der Waals surface area (Å²) in [5.74, 6) is -1.04. The number of carbonyl (C=O) groups is 2. The van der Waals surface area contributed by atoms with Gasteiger partial charge in [-0.1, -0.05) is 65.8 Å². The van der Waals surface area contributed by atoms with Crippen LogP contribution in [-0.4, -0.2) is 23.4 Å². The number of ether oxygens (including phenoxy) is 1. The van der Waals surface area contributed by atoms with Crippen molar-refractivity contribution in [2.75, 3.05) is 11.5 Å². The molecule has 0 bridgehead atoms. The fourth-order valence-corrected chi connectivity index (χ4v) is 4.98. The van der Waals surface area contributed by atoms with Gasteiger partial charge >= 0.3 is 0 Å². The monoisotopic (exact) mass is 536 g/mol. The van der Waals surface area contributed by atoms with Gasteiger partial charge in [-0.25, -0.2) is 0 Å². The Labute approximate surface area is 236 Å². The summed E-state index contributed by atoms with van der Waals surface area (Å²) in [5.41, 5.74) is 3.66. The zero-order chi connectivity index (χ0) is 29.4. The molecule has 1 atom stereocenters. The number of anilines is 1. The van der Waals surface area contributed by atoms with E-state index in [1.807, 2.05) is 37.3 Å². The third-order valence-corrected chi connectivity index (χ3v) is 7.17. The minimum absolute atomic E-state index is 0.0156. The second-order valence-electron chi connectivity index (χ2n) is 12.1. The number of aliphatic hydroxyl groups is 1. The van der Waals surface area contributed by atoms with E-state index in [1.54, 1.807) is 36.4 Å². The van der Waals surface area contributed by atoms with Gasteiger partial charge in [-0.15, -0.1) is 0 Å². The second-order valence-corrected chi connectivity index (χ2v) is 12.1. The summed E-state index contributed by atoms with van der Waals surface area (Å²) in [6.45, 7) is 14.9. The second kappa shape index (κ2) is 10.7. The number of nitriles is 1. The molecular weight excluding hydrogens is 500 g/mol. The van der Waals surface area contributed by atoms with Crippen molar-refractivity contribution in [3.63, 3.8) is 0 Å². The molecule has 1 aliphatic rings. The number of amides is 1. The highest BCUT2D eigenvalue weighted by Gasteiger charge is 2.47. The summed E-state index contributed by atoms with van der Waals surface area (Å²) < 4.78 is 5.83. The molecule has 1 unspecified atom stereocenters. The van der Waals surface area contributed by atoms with E-state index in [0.717, 1.165) is 11.1 Å². The van der Waals surface area contributed by atoms with Gasteiger partial charge in [-0.3, -0.25) is 14.5 Å². The maximum Gasteiger partial charge on any atom is 0.300 e. The molecule has 40 heavy (non-hydrogen) atoms. The van der Waals surface area contributed by atoms with Crippen LogP contribution >= 0.6 is 0 Å². The summed E-state index contributed by atoms with van der Waals surface area (Å²) in [6.07, 6.45) is 0. The molecule has 1 heterocycles. The molecule has 1 amide bonds. The SMILES string of the molecule is CCOc1ccc(/C(O)=C2/C(=O)C(=O)N(c3ccc(C#N)cc3)C2c2ccc(C(C)(C)C)cc2)cc1C(C)(C)C. The van der Waals surface area contributed by atoms with Gasteiger partial charge in [0.2, 0.25) is 0 Å². The smallest absolute Gasteiger partial charge is 0.300 e. The topological polar surface area (TPSA) is 90.6 Å². The van der Waals surface area contributed by atoms with Gasteiger partial charge in [0.15, 0.2) is 0 Å². The Morgan fingerprint density at radius 1 is 0.925 bits per heavy atom. The van der Waals surface area contributed by atoms with Crippen molar-refractivity contribution in [2.24, 2.45) is 0 Å². The molecule has 3 aromatic rings. The Hall–Kier alpha value is -4.37. The quantitative estimate of drug-likeness (QED) is 0.212. The molecule has 1 aliphatic heterocycles. The average Bonchev–Trinajstić information content (AvgIpc) is 3.17. The van der Waals surface area contributed by atoms with E-state index in [2.05, 4.69) is 47.6 Å². The summed E-state index contributed by atoms with van der Waals surface area (Å²) in [5, 5.41) is 20.9. The van der Waals surface area contributed by atoms with E-state index in [9.17, 15) is 20.0 Å². The van der Waals surface area contributed by atoms with Crippen LogP contribution in [0.3, 0.4) is 0 Å². The molecule has 0 aromatic heterocycles. The Balaban J connectivity index is 1.94. The van der Waals surface area contributed by atoms with Gasteiger partial charge < -0.3 is 9.84 Å². The molecule has 6 nitrogen and oxygen atoms in total. The van der Waals surface area contributed by atoms with Crippen LogP contribution in [-0.2, 0) is 20.4 Å². The molecule has 206 valence electrons. The molecule has 0 aliphatic carbocycles. The summed E-state index contributed by atoms with van der Waals surface area (Å²) >= 11 is 0. The number of hydrogen-bond acceptors (Lipinski definition) is 5. The number of benzene rings is 3. The van der Waals surface area contributed by atoms with E-state index in [0.29, 0.717) is 34.7 Å². The van der Waals surface area contributed by atoms with Gasteiger partial charge in [0, 0.05) is 16.8 Å². The Kier molecular flexibility index (Phi) is 7.63. The van der Waals surface area contributed by atoms with Crippen LogP contribution in [0.25, 0.3) is 5.76 Å². The lowest BCUT2D eigenvalue weighted by Gasteiger charge is -2.27. The van der Waals surface area contributed by atoms with Gasteiger partial charge in [0.1, 0.15) is 11.5 Å². The highest BCUT2D eigenvalue weighted by atomic mass is 16.5. The van der Waals surface area contributed by atoms with Crippen molar-refractivity contribution in [3.8, 4) is 11.8 Å². The van der Waals surface area contributed by atoms with E-state index in [-0.39, 0.29) is 22.2 Å². The molecule has 1 fully saturated rings. The molecule has 3 aromatic carbocycles. The first kappa shape index (κ1) is 28.6. The van der Waals surface area contributed by atoms with Crippen LogP contribution in [0.2, 0.25) is 0 Å². The Bertz CT molecular complexity index is 1510. The first-order valence-corrected chi connectivity index (χ1v) is 13.5. The summed E-state index contributed by atoms with van der Waals surface area (Å²) in [6, 6.07) is 20.9. The first-order chi connectivity index (χ1) is 18.8. The van der Waals surface area contributed by atoms with Gasteiger partial charge in [0.25, 0.3) is 11.7 Å². The van der Waals surface area contributed by atoms with Gasteiger partial charge in [-0.05, 0) is 71.3 Å². The van der Waals surface area contributed by atoms with Gasteiger partial charge in [0.05, 0.1) is 29.9 Å². The third kappa shape index (κ3) is 5.37. The largest absolute Gasteiger partial charge is 0.507 e. The van der Waals surface area contributed by atoms with Crippen LogP contribution in [0.4, 0.5) is 5.69 Å². The minimum Gasteiger partial charge on any atom is -0.507 e. The molecule has 6 heteroatoms. The number of rotatable bonds is 5. The van der Waals surface area contributed by atoms with E-state index < -0.39 is 17.7 Å². The Morgan fingerprint density at radius 2 is 1.55 bits per heavy atom. The van der Waals surface area contributed by atoms with Crippen molar-refractivity contribution in [1.82, 2.24) is 0 Å². The number of nitrogens with zero attached hydrogens (tertiary/aromatic N) is 2. The zero-order valence-electron chi connectivity index (χ0n) is 24.2. The van der Waals surface area contributed by atoms with Crippen molar-refractivity contribution in [1.29, 1.82) is 5.26 Å². The fourth-order valence-electron chi connectivity index (χ4n) is 4.98.